The third-order valence-corrected chi connectivity index (χ3v) is 2.06. The zero-order chi connectivity index (χ0) is 11.4. The molecule has 0 aromatic carbocycles. The molecule has 0 aliphatic carbocycles. The Morgan fingerprint density at radius 2 is 2.33 bits per heavy atom. The summed E-state index contributed by atoms with van der Waals surface area (Å²) >= 11 is 5.47. The third kappa shape index (κ3) is 2.62. The van der Waals surface area contributed by atoms with E-state index < -0.39 is 18.1 Å². The summed E-state index contributed by atoms with van der Waals surface area (Å²) in [4.78, 5) is 14.6. The molecule has 0 unspecified atom stereocenters. The van der Waals surface area contributed by atoms with Crippen molar-refractivity contribution in [1.82, 2.24) is 4.98 Å². The first-order valence-electron chi connectivity index (χ1n) is 4.01. The molecule has 1 heterocycles. The summed E-state index contributed by atoms with van der Waals surface area (Å²) in [6, 6.07) is 1.26. The molecule has 0 fully saturated rings. The summed E-state index contributed by atoms with van der Waals surface area (Å²) in [5.74, 6) is -0.757. The normalized spacial score (nSPS) is 10.5. The van der Waals surface area contributed by atoms with Crippen molar-refractivity contribution in [3.8, 4) is 0 Å². The van der Waals surface area contributed by atoms with Crippen LogP contribution in [0, 0.1) is 0 Å². The van der Waals surface area contributed by atoms with Gasteiger partial charge in [-0.05, 0) is 11.6 Å². The van der Waals surface area contributed by atoms with Crippen molar-refractivity contribution in [3.05, 3.63) is 29.1 Å². The van der Waals surface area contributed by atoms with Crippen molar-refractivity contribution in [2.45, 2.75) is 12.3 Å². The molecule has 15 heavy (non-hydrogen) atoms. The minimum atomic E-state index is -2.70. The van der Waals surface area contributed by atoms with Gasteiger partial charge in [-0.25, -0.2) is 13.6 Å². The maximum atomic E-state index is 12.4. The molecule has 6 heteroatoms. The van der Waals surface area contributed by atoms with Crippen molar-refractivity contribution < 1.29 is 18.3 Å². The van der Waals surface area contributed by atoms with Gasteiger partial charge in [-0.15, -0.1) is 11.6 Å². The fourth-order valence-corrected chi connectivity index (χ4v) is 1.27. The summed E-state index contributed by atoms with van der Waals surface area (Å²) < 4.78 is 29.2. The van der Waals surface area contributed by atoms with Crippen molar-refractivity contribution in [2.75, 3.05) is 7.11 Å². The number of halogens is 3. The van der Waals surface area contributed by atoms with E-state index in [1.54, 1.807) is 0 Å². The van der Waals surface area contributed by atoms with Gasteiger partial charge in [0.25, 0.3) is 6.43 Å². The van der Waals surface area contributed by atoms with Crippen LogP contribution >= 0.6 is 11.6 Å². The number of ether oxygens (including phenoxy) is 1. The lowest BCUT2D eigenvalue weighted by Gasteiger charge is -2.06. The lowest BCUT2D eigenvalue weighted by Crippen LogP contribution is -2.05. The number of aromatic nitrogens is 1. The van der Waals surface area contributed by atoms with Crippen LogP contribution in [-0.4, -0.2) is 18.1 Å². The van der Waals surface area contributed by atoms with E-state index in [1.807, 2.05) is 0 Å². The zero-order valence-corrected chi connectivity index (χ0v) is 8.59. The van der Waals surface area contributed by atoms with Crippen LogP contribution < -0.4 is 0 Å². The van der Waals surface area contributed by atoms with Crippen molar-refractivity contribution in [1.29, 1.82) is 0 Å². The first kappa shape index (κ1) is 11.8. The Kier molecular flexibility index (Phi) is 3.96. The number of alkyl halides is 3. The monoisotopic (exact) mass is 235 g/mol. The van der Waals surface area contributed by atoms with Gasteiger partial charge in [0.05, 0.1) is 12.7 Å². The van der Waals surface area contributed by atoms with Crippen molar-refractivity contribution in [3.63, 3.8) is 0 Å². The molecule has 0 atom stereocenters. The molecular weight excluding hydrogens is 228 g/mol. The van der Waals surface area contributed by atoms with Crippen molar-refractivity contribution >= 4 is 17.6 Å². The highest BCUT2D eigenvalue weighted by Gasteiger charge is 2.16. The average Bonchev–Trinajstić information content (AvgIpc) is 2.26. The van der Waals surface area contributed by atoms with E-state index in [0.717, 1.165) is 6.20 Å². The van der Waals surface area contributed by atoms with E-state index >= 15 is 0 Å². The van der Waals surface area contributed by atoms with Crippen LogP contribution in [0.3, 0.4) is 0 Å². The number of carbonyl (C=O) groups excluding carboxylic acids is 1. The molecule has 0 saturated heterocycles. The van der Waals surface area contributed by atoms with Gasteiger partial charge in [-0.2, -0.15) is 0 Å². The number of hydrogen-bond donors (Lipinski definition) is 0. The van der Waals surface area contributed by atoms with Crippen molar-refractivity contribution in [2.24, 2.45) is 0 Å². The molecule has 0 N–H and O–H groups in total. The second-order valence-corrected chi connectivity index (χ2v) is 2.96. The first-order valence-corrected chi connectivity index (χ1v) is 4.54. The Hall–Kier alpha value is -1.23. The lowest BCUT2D eigenvalue weighted by atomic mass is 10.1. The maximum Gasteiger partial charge on any atom is 0.339 e. The zero-order valence-electron chi connectivity index (χ0n) is 7.84. The molecule has 1 aromatic rings. The van der Waals surface area contributed by atoms with Gasteiger partial charge in [0.15, 0.2) is 0 Å². The standard InChI is InChI=1S/C9H8ClF2NO2/c1-15-9(14)6-2-5(3-10)7(8(11)12)13-4-6/h2,4,8H,3H2,1H3. The fraction of sp³-hybridized carbons (Fsp3) is 0.333. The first-order chi connectivity index (χ1) is 7.10. The number of hydrogen-bond acceptors (Lipinski definition) is 3. The molecule has 0 amide bonds. The van der Waals surface area contributed by atoms with Crippen LogP contribution in [0.5, 0.6) is 0 Å². The second-order valence-electron chi connectivity index (χ2n) is 2.69. The number of esters is 1. The summed E-state index contributed by atoms with van der Waals surface area (Å²) in [7, 11) is 1.20. The Morgan fingerprint density at radius 3 is 2.80 bits per heavy atom. The molecule has 82 valence electrons. The Balaban J connectivity index is 3.13. The van der Waals surface area contributed by atoms with Gasteiger partial charge in [-0.1, -0.05) is 0 Å². The van der Waals surface area contributed by atoms with Gasteiger partial charge < -0.3 is 4.74 Å². The number of rotatable bonds is 3. The van der Waals surface area contributed by atoms with Gasteiger partial charge in [0, 0.05) is 12.1 Å². The number of pyridine rings is 1. The van der Waals surface area contributed by atoms with Crippen LogP contribution in [0.25, 0.3) is 0 Å². The van der Waals surface area contributed by atoms with Gasteiger partial charge in [0.2, 0.25) is 0 Å². The average molecular weight is 236 g/mol. The minimum absolute atomic E-state index is 0.109. The largest absolute Gasteiger partial charge is 0.465 e. The van der Waals surface area contributed by atoms with E-state index in [9.17, 15) is 13.6 Å². The smallest absolute Gasteiger partial charge is 0.339 e. The highest BCUT2D eigenvalue weighted by molar-refractivity contribution is 6.17. The topological polar surface area (TPSA) is 39.2 Å². The van der Waals surface area contributed by atoms with E-state index in [0.29, 0.717) is 0 Å². The quantitative estimate of drug-likeness (QED) is 0.597. The molecule has 0 spiro atoms. The number of methoxy groups -OCH3 is 1. The third-order valence-electron chi connectivity index (χ3n) is 1.77. The Labute approximate surface area is 90.0 Å². The number of carbonyl (C=O) groups is 1. The van der Waals surface area contributed by atoms with E-state index in [4.69, 9.17) is 11.6 Å². The summed E-state index contributed by atoms with van der Waals surface area (Å²) in [6.07, 6.45) is -1.66. The maximum absolute atomic E-state index is 12.4. The van der Waals surface area contributed by atoms with Crippen LogP contribution in [-0.2, 0) is 10.6 Å². The minimum Gasteiger partial charge on any atom is -0.465 e. The van der Waals surface area contributed by atoms with Gasteiger partial charge in [0.1, 0.15) is 5.69 Å². The van der Waals surface area contributed by atoms with Crippen LogP contribution in [0.15, 0.2) is 12.3 Å². The molecule has 1 rings (SSSR count). The summed E-state index contributed by atoms with van der Waals surface area (Å²) in [6.45, 7) is 0. The molecule has 0 aliphatic heterocycles. The Morgan fingerprint density at radius 1 is 1.67 bits per heavy atom. The predicted octanol–water partition coefficient (Wildman–Crippen LogP) is 2.54. The van der Waals surface area contributed by atoms with Crippen LogP contribution in [0.2, 0.25) is 0 Å². The fourth-order valence-electron chi connectivity index (χ4n) is 1.05. The molecule has 0 aliphatic rings. The van der Waals surface area contributed by atoms with Gasteiger partial charge in [-0.3, -0.25) is 4.98 Å². The van der Waals surface area contributed by atoms with E-state index in [1.165, 1.54) is 13.2 Å². The van der Waals surface area contributed by atoms with Crippen LogP contribution in [0.1, 0.15) is 28.0 Å². The van der Waals surface area contributed by atoms with Gasteiger partial charge >= 0.3 is 5.97 Å². The molecule has 1 aromatic heterocycles. The Bertz CT molecular complexity index is 371. The lowest BCUT2D eigenvalue weighted by molar-refractivity contribution is 0.0599. The summed E-state index contributed by atoms with van der Waals surface area (Å²) in [5, 5.41) is 0. The molecule has 0 radical (unpaired) electrons. The van der Waals surface area contributed by atoms with E-state index in [-0.39, 0.29) is 17.0 Å². The second kappa shape index (κ2) is 5.02. The molecule has 0 saturated carbocycles. The molecule has 3 nitrogen and oxygen atoms in total. The highest BCUT2D eigenvalue weighted by atomic mass is 35.5. The SMILES string of the molecule is COC(=O)c1cnc(C(F)F)c(CCl)c1. The highest BCUT2D eigenvalue weighted by Crippen LogP contribution is 2.22. The molecule has 0 bridgehead atoms. The number of nitrogens with zero attached hydrogens (tertiary/aromatic N) is 1. The molecular formula is C9H8ClF2NO2. The predicted molar refractivity (Wildman–Crippen MR) is 50.1 cm³/mol. The summed E-state index contributed by atoms with van der Waals surface area (Å²) in [5.41, 5.74) is -0.162. The van der Waals surface area contributed by atoms with Crippen LogP contribution in [0.4, 0.5) is 8.78 Å². The van der Waals surface area contributed by atoms with E-state index in [2.05, 4.69) is 9.72 Å².